The highest BCUT2D eigenvalue weighted by atomic mass is 79.9. The number of hydrogen-bond donors (Lipinski definition) is 0. The van der Waals surface area contributed by atoms with Gasteiger partial charge in [-0.1, -0.05) is 0 Å². The van der Waals surface area contributed by atoms with Gasteiger partial charge in [-0.25, -0.2) is 0 Å². The van der Waals surface area contributed by atoms with E-state index in [1.54, 1.807) is 0 Å². The molecule has 0 heterocycles. The maximum Gasteiger partial charge on any atom is 0.508 e. The van der Waals surface area contributed by atoms with Crippen LogP contribution in [0, 0.1) is 0 Å². The molecule has 0 N–H and O–H groups in total. The van der Waals surface area contributed by atoms with Crippen LogP contribution >= 0.6 is 12.9 Å². The summed E-state index contributed by atoms with van der Waals surface area (Å²) in [5.41, 5.74) is -5.78. The van der Waals surface area contributed by atoms with Crippen molar-refractivity contribution in [3.05, 3.63) is 28.8 Å². The van der Waals surface area contributed by atoms with Crippen LogP contribution in [0.4, 0.5) is 39.5 Å². The summed E-state index contributed by atoms with van der Waals surface area (Å²) in [4.78, 5) is 0. The molecule has 0 atom stereocenters. The van der Waals surface area contributed by atoms with Crippen molar-refractivity contribution in [2.45, 2.75) is 18.5 Å². The lowest BCUT2D eigenvalue weighted by Gasteiger charge is -2.21. The number of hydrogen-bond acceptors (Lipinski definition) is 0. The molecule has 0 saturated heterocycles. The molecule has 0 aliphatic carbocycles. The van der Waals surface area contributed by atoms with Crippen LogP contribution in [0.25, 0.3) is 0 Å². The molecule has 0 aliphatic rings. The molecule has 0 unspecified atom stereocenters. The Labute approximate surface area is 121 Å². The average Bonchev–Trinajstić information content (AvgIpc) is 2.23. The van der Waals surface area contributed by atoms with Crippen molar-refractivity contribution in [1.29, 1.82) is 0 Å². The molecule has 0 spiro atoms. The Morgan fingerprint density at radius 3 is 1.25 bits per heavy atom. The summed E-state index contributed by atoms with van der Waals surface area (Å²) in [7, 11) is 0. The molecule has 0 aliphatic heterocycles. The SMILES string of the molecule is FC(F)(F)c1cc(C(F)(F)F)[c]([Mg][Br])c(C(F)(F)F)c1. The first-order valence-electron chi connectivity index (χ1n) is 4.73. The Bertz CT molecular complexity index is 465. The van der Waals surface area contributed by atoms with Gasteiger partial charge in [0, 0.05) is 11.1 Å². The molecule has 0 saturated carbocycles. The summed E-state index contributed by atoms with van der Waals surface area (Å²) in [5.74, 6) is 0. The van der Waals surface area contributed by atoms with Crippen molar-refractivity contribution in [1.82, 2.24) is 0 Å². The summed E-state index contributed by atoms with van der Waals surface area (Å²) in [6, 6.07) is -0.586. The van der Waals surface area contributed by atoms with E-state index in [4.69, 9.17) is 0 Å². The zero-order chi connectivity index (χ0) is 15.9. The molecule has 1 aromatic carbocycles. The highest BCUT2D eigenvalue weighted by Crippen LogP contribution is 2.39. The molecule has 0 nitrogen and oxygen atoms in total. The van der Waals surface area contributed by atoms with Gasteiger partial charge < -0.3 is 0 Å². The molecule has 20 heavy (non-hydrogen) atoms. The molecular formula is C9H2BrF9Mg. The van der Waals surface area contributed by atoms with Crippen LogP contribution in [-0.4, -0.2) is 18.2 Å². The van der Waals surface area contributed by atoms with Gasteiger partial charge in [-0.05, 0) is 12.1 Å². The molecular weight excluding hydrogens is 383 g/mol. The summed E-state index contributed by atoms with van der Waals surface area (Å²) >= 11 is 0.396. The predicted molar refractivity (Wildman–Crippen MR) is 55.8 cm³/mol. The second-order valence-electron chi connectivity index (χ2n) is 3.68. The first-order valence-corrected chi connectivity index (χ1v) is 9.33. The number of benzene rings is 1. The minimum atomic E-state index is -5.30. The van der Waals surface area contributed by atoms with Crippen LogP contribution in [0.2, 0.25) is 0 Å². The van der Waals surface area contributed by atoms with E-state index >= 15 is 0 Å². The molecule has 0 fully saturated rings. The molecule has 1 aromatic rings. The zero-order valence-corrected chi connectivity index (χ0v) is 12.1. The normalized spacial score (nSPS) is 13.3. The number of halogens is 10. The minimum absolute atomic E-state index is 0.293. The molecule has 0 amide bonds. The van der Waals surface area contributed by atoms with Crippen LogP contribution in [0.15, 0.2) is 12.1 Å². The van der Waals surface area contributed by atoms with E-state index in [1.807, 2.05) is 0 Å². The van der Waals surface area contributed by atoms with Crippen LogP contribution in [-0.2, 0) is 18.5 Å². The molecule has 1 rings (SSSR count). The Balaban J connectivity index is 3.75. The highest BCUT2D eigenvalue weighted by Gasteiger charge is 2.43. The summed E-state index contributed by atoms with van der Waals surface area (Å²) in [5, 5.41) is 0. The topological polar surface area (TPSA) is 0 Å². The van der Waals surface area contributed by atoms with E-state index in [0.29, 0.717) is 0 Å². The second-order valence-corrected chi connectivity index (χ2v) is 6.33. The van der Waals surface area contributed by atoms with E-state index in [1.165, 1.54) is 0 Å². The standard InChI is InChI=1S/C9H2F9.BrH.Mg/c10-7(11,12)4-1-5(8(13,14)15)3-6(2-4)9(16,17)18;;/h1-2H;1H;/q;;+1/p-1. The molecule has 11 heteroatoms. The van der Waals surface area contributed by atoms with Crippen molar-refractivity contribution < 1.29 is 39.5 Å². The monoisotopic (exact) mass is 384 g/mol. The fraction of sp³-hybridized carbons (Fsp3) is 0.333. The van der Waals surface area contributed by atoms with E-state index < -0.39 is 57.1 Å². The zero-order valence-electron chi connectivity index (χ0n) is 9.14. The first kappa shape index (κ1) is 17.9. The lowest BCUT2D eigenvalue weighted by Crippen LogP contribution is -2.32. The van der Waals surface area contributed by atoms with Crippen molar-refractivity contribution in [3.63, 3.8) is 0 Å². The van der Waals surface area contributed by atoms with Gasteiger partial charge in [-0.15, -0.1) is 3.69 Å². The molecule has 0 bridgehead atoms. The maximum atomic E-state index is 12.6. The van der Waals surface area contributed by atoms with Crippen molar-refractivity contribution in [3.8, 4) is 0 Å². The Hall–Kier alpha value is -0.164. The van der Waals surface area contributed by atoms with Gasteiger partial charge in [0.15, 0.2) is 0 Å². The molecule has 110 valence electrons. The van der Waals surface area contributed by atoms with Crippen molar-refractivity contribution in [2.24, 2.45) is 0 Å². The van der Waals surface area contributed by atoms with Gasteiger partial charge >= 0.3 is 36.7 Å². The third-order valence-electron chi connectivity index (χ3n) is 2.32. The van der Waals surface area contributed by atoms with Gasteiger partial charge in [0.05, 0.1) is 5.56 Å². The van der Waals surface area contributed by atoms with Crippen molar-refractivity contribution in [2.75, 3.05) is 0 Å². The summed E-state index contributed by atoms with van der Waals surface area (Å²) in [6.07, 6.45) is -15.9. The van der Waals surface area contributed by atoms with E-state index in [0.717, 1.165) is 0 Å². The van der Waals surface area contributed by atoms with Crippen molar-refractivity contribution >= 4 is 34.8 Å². The highest BCUT2D eigenvalue weighted by molar-refractivity contribution is 9.23. The number of rotatable bonds is 1. The number of alkyl halides is 9. The smallest absolute Gasteiger partial charge is 0.296 e. The fourth-order valence-corrected chi connectivity index (χ4v) is 4.19. The Morgan fingerprint density at radius 2 is 1.05 bits per heavy atom. The third-order valence-corrected chi connectivity index (χ3v) is 5.03. The Morgan fingerprint density at radius 1 is 0.700 bits per heavy atom. The second kappa shape index (κ2) is 5.56. The van der Waals surface area contributed by atoms with Gasteiger partial charge in [-0.3, -0.25) is 12.9 Å². The van der Waals surface area contributed by atoms with Gasteiger partial charge in [0.1, 0.15) is 0 Å². The average molecular weight is 385 g/mol. The summed E-state index contributed by atoms with van der Waals surface area (Å²) in [6.45, 7) is 0. The predicted octanol–water partition coefficient (Wildman–Crippen LogP) is 4.38. The quantitative estimate of drug-likeness (QED) is 0.497. The van der Waals surface area contributed by atoms with Crippen LogP contribution in [0.3, 0.4) is 0 Å². The van der Waals surface area contributed by atoms with Gasteiger partial charge in [-0.2, -0.15) is 39.5 Å². The minimum Gasteiger partial charge on any atom is -0.296 e. The Kier molecular flexibility index (Phi) is 4.97. The summed E-state index contributed by atoms with van der Waals surface area (Å²) < 4.78 is 112. The lowest BCUT2D eigenvalue weighted by atomic mass is 10.0. The van der Waals surface area contributed by atoms with E-state index in [9.17, 15) is 39.5 Å². The van der Waals surface area contributed by atoms with Crippen LogP contribution in [0.5, 0.6) is 0 Å². The fourth-order valence-electron chi connectivity index (χ4n) is 1.49. The maximum absolute atomic E-state index is 12.6. The van der Waals surface area contributed by atoms with Crippen LogP contribution < -0.4 is 3.69 Å². The third kappa shape index (κ3) is 3.94. The van der Waals surface area contributed by atoms with Gasteiger partial charge in [0.2, 0.25) is 0 Å². The van der Waals surface area contributed by atoms with Gasteiger partial charge in [0.25, 0.3) is 0 Å². The molecule has 0 radical (unpaired) electrons. The van der Waals surface area contributed by atoms with E-state index in [2.05, 4.69) is 12.9 Å². The first-order chi connectivity index (χ1) is 8.78. The lowest BCUT2D eigenvalue weighted by molar-refractivity contribution is -0.147. The van der Waals surface area contributed by atoms with E-state index in [-0.39, 0.29) is 12.1 Å². The van der Waals surface area contributed by atoms with Crippen LogP contribution in [0.1, 0.15) is 16.7 Å². The largest absolute Gasteiger partial charge is 0.508 e. The molecule has 0 aromatic heterocycles.